The molecule has 0 radical (unpaired) electrons. The number of hydrogen-bond acceptors (Lipinski definition) is 4. The zero-order valence-electron chi connectivity index (χ0n) is 13.7. The number of aromatic nitrogens is 4. The highest BCUT2D eigenvalue weighted by Gasteiger charge is 2.13. The van der Waals surface area contributed by atoms with Crippen LogP contribution in [0.4, 0.5) is 0 Å². The van der Waals surface area contributed by atoms with Crippen molar-refractivity contribution in [1.82, 2.24) is 25.5 Å². The van der Waals surface area contributed by atoms with Crippen LogP contribution in [0, 0.1) is 5.92 Å². The molecule has 0 spiro atoms. The molecule has 0 aliphatic rings. The fourth-order valence-electron chi connectivity index (χ4n) is 2.16. The molecule has 1 aromatic heterocycles. The van der Waals surface area contributed by atoms with Gasteiger partial charge in [0, 0.05) is 16.1 Å². The maximum Gasteiger partial charge on any atom is 0.243 e. The lowest BCUT2D eigenvalue weighted by Crippen LogP contribution is -2.35. The Labute approximate surface area is 144 Å². The number of nitrogens with zero attached hydrogens (tertiary/aromatic N) is 4. The van der Waals surface area contributed by atoms with Crippen molar-refractivity contribution in [3.63, 3.8) is 0 Å². The van der Waals surface area contributed by atoms with Gasteiger partial charge in [0.25, 0.3) is 0 Å². The number of carbonyl (C=O) groups is 1. The van der Waals surface area contributed by atoms with Gasteiger partial charge in [0.15, 0.2) is 0 Å². The first-order valence-corrected chi connectivity index (χ1v) is 8.57. The molecule has 0 bridgehead atoms. The smallest absolute Gasteiger partial charge is 0.243 e. The summed E-state index contributed by atoms with van der Waals surface area (Å²) in [7, 11) is 0. The highest BCUT2D eigenvalue weighted by atomic mass is 79.9. The van der Waals surface area contributed by atoms with Crippen LogP contribution < -0.4 is 5.32 Å². The zero-order chi connectivity index (χ0) is 16.8. The molecule has 124 valence electrons. The number of carbonyl (C=O) groups excluding carboxylic acids is 1. The van der Waals surface area contributed by atoms with Crippen LogP contribution in [0.15, 0.2) is 28.7 Å². The third-order valence-electron chi connectivity index (χ3n) is 3.44. The molecule has 0 unspecified atom stereocenters. The van der Waals surface area contributed by atoms with Crippen molar-refractivity contribution in [3.05, 3.63) is 28.7 Å². The Bertz CT molecular complexity index is 655. The molecule has 1 atom stereocenters. The molecule has 6 nitrogen and oxygen atoms in total. The van der Waals surface area contributed by atoms with Crippen LogP contribution in [-0.2, 0) is 11.3 Å². The first-order chi connectivity index (χ1) is 11.0. The summed E-state index contributed by atoms with van der Waals surface area (Å²) in [5.41, 5.74) is 0.851. The highest BCUT2D eigenvalue weighted by Crippen LogP contribution is 2.24. The number of amides is 1. The summed E-state index contributed by atoms with van der Waals surface area (Å²) in [6.07, 6.45) is 2.06. The van der Waals surface area contributed by atoms with Crippen molar-refractivity contribution in [1.29, 1.82) is 0 Å². The number of hydrogen-bond donors (Lipinski definition) is 1. The Kier molecular flexibility index (Phi) is 6.27. The molecule has 1 N–H and O–H groups in total. The number of nitrogens with one attached hydrogen (secondary N) is 1. The van der Waals surface area contributed by atoms with E-state index in [-0.39, 0.29) is 18.5 Å². The maximum absolute atomic E-state index is 12.0. The summed E-state index contributed by atoms with van der Waals surface area (Å²) in [5.74, 6) is 1.04. The molecule has 23 heavy (non-hydrogen) atoms. The van der Waals surface area contributed by atoms with E-state index in [9.17, 15) is 4.79 Å². The summed E-state index contributed by atoms with van der Waals surface area (Å²) >= 11 is 3.46. The van der Waals surface area contributed by atoms with Crippen LogP contribution in [0.1, 0.15) is 33.6 Å². The van der Waals surface area contributed by atoms with Gasteiger partial charge >= 0.3 is 0 Å². The minimum absolute atomic E-state index is 0.0729. The summed E-state index contributed by atoms with van der Waals surface area (Å²) in [6, 6.07) is 7.79. The summed E-state index contributed by atoms with van der Waals surface area (Å²) in [5, 5.41) is 15.2. The molecular formula is C16H22BrN5O. The third kappa shape index (κ3) is 5.42. The predicted molar refractivity (Wildman–Crippen MR) is 92.6 cm³/mol. The summed E-state index contributed by atoms with van der Waals surface area (Å²) in [6.45, 7) is 6.44. The minimum Gasteiger partial charge on any atom is -0.352 e. The van der Waals surface area contributed by atoms with E-state index >= 15 is 0 Å². The lowest BCUT2D eigenvalue weighted by Gasteiger charge is -2.14. The minimum atomic E-state index is -0.0997. The SMILES string of the molecule is CC(C)CC[C@H](C)NC(=O)Cn1nnc(-c2ccccc2Br)n1. The molecule has 0 aliphatic carbocycles. The van der Waals surface area contributed by atoms with E-state index in [1.807, 2.05) is 31.2 Å². The summed E-state index contributed by atoms with van der Waals surface area (Å²) < 4.78 is 0.895. The molecule has 2 aromatic rings. The highest BCUT2D eigenvalue weighted by molar-refractivity contribution is 9.10. The van der Waals surface area contributed by atoms with Crippen LogP contribution >= 0.6 is 15.9 Å². The maximum atomic E-state index is 12.0. The number of benzene rings is 1. The van der Waals surface area contributed by atoms with Gasteiger partial charge in [-0.15, -0.1) is 10.2 Å². The second-order valence-corrected chi connectivity index (χ2v) is 6.92. The number of halogens is 1. The van der Waals surface area contributed by atoms with E-state index in [1.54, 1.807) is 0 Å². The van der Waals surface area contributed by atoms with Gasteiger partial charge in [-0.3, -0.25) is 4.79 Å². The largest absolute Gasteiger partial charge is 0.352 e. The van der Waals surface area contributed by atoms with Crippen molar-refractivity contribution in [2.75, 3.05) is 0 Å². The number of tetrazole rings is 1. The molecule has 0 saturated carbocycles. The molecule has 1 aromatic carbocycles. The van der Waals surface area contributed by atoms with E-state index in [4.69, 9.17) is 0 Å². The molecule has 0 fully saturated rings. The van der Waals surface area contributed by atoms with Gasteiger partial charge in [-0.25, -0.2) is 0 Å². The van der Waals surface area contributed by atoms with Gasteiger partial charge in [-0.2, -0.15) is 4.80 Å². The third-order valence-corrected chi connectivity index (χ3v) is 4.13. The van der Waals surface area contributed by atoms with Crippen molar-refractivity contribution in [2.24, 2.45) is 5.92 Å². The quantitative estimate of drug-likeness (QED) is 0.802. The van der Waals surface area contributed by atoms with E-state index in [2.05, 4.69) is 50.5 Å². The molecule has 2 rings (SSSR count). The first-order valence-electron chi connectivity index (χ1n) is 7.77. The molecule has 1 amide bonds. The molecule has 0 aliphatic heterocycles. The second kappa shape index (κ2) is 8.19. The molecule has 0 saturated heterocycles. The Morgan fingerprint density at radius 1 is 1.26 bits per heavy atom. The Balaban J connectivity index is 1.91. The van der Waals surface area contributed by atoms with Crippen molar-refractivity contribution in [3.8, 4) is 11.4 Å². The van der Waals surface area contributed by atoms with Crippen molar-refractivity contribution >= 4 is 21.8 Å². The second-order valence-electron chi connectivity index (χ2n) is 6.06. The van der Waals surface area contributed by atoms with Crippen LogP contribution in [0.2, 0.25) is 0 Å². The van der Waals surface area contributed by atoms with Crippen molar-refractivity contribution in [2.45, 2.75) is 46.2 Å². The van der Waals surface area contributed by atoms with Gasteiger partial charge in [0.1, 0.15) is 6.54 Å². The Hall–Kier alpha value is -1.76. The van der Waals surface area contributed by atoms with Crippen LogP contribution in [0.25, 0.3) is 11.4 Å². The van der Waals surface area contributed by atoms with Crippen LogP contribution in [-0.4, -0.2) is 32.2 Å². The molecule has 7 heteroatoms. The average molecular weight is 380 g/mol. The fraction of sp³-hybridized carbons (Fsp3) is 0.500. The van der Waals surface area contributed by atoms with Gasteiger partial charge < -0.3 is 5.32 Å². The van der Waals surface area contributed by atoms with Crippen LogP contribution in [0.5, 0.6) is 0 Å². The predicted octanol–water partition coefficient (Wildman–Crippen LogP) is 3.04. The normalized spacial score (nSPS) is 12.4. The lowest BCUT2D eigenvalue weighted by atomic mass is 10.0. The Morgan fingerprint density at radius 2 is 2.00 bits per heavy atom. The number of rotatable bonds is 7. The van der Waals surface area contributed by atoms with Gasteiger partial charge in [0.05, 0.1) is 0 Å². The van der Waals surface area contributed by atoms with E-state index in [1.165, 1.54) is 4.80 Å². The van der Waals surface area contributed by atoms with E-state index in [0.29, 0.717) is 11.7 Å². The van der Waals surface area contributed by atoms with E-state index in [0.717, 1.165) is 22.9 Å². The van der Waals surface area contributed by atoms with Crippen LogP contribution in [0.3, 0.4) is 0 Å². The molecular weight excluding hydrogens is 358 g/mol. The Morgan fingerprint density at radius 3 is 2.70 bits per heavy atom. The monoisotopic (exact) mass is 379 g/mol. The zero-order valence-corrected chi connectivity index (χ0v) is 15.2. The average Bonchev–Trinajstić information content (AvgIpc) is 2.93. The van der Waals surface area contributed by atoms with Gasteiger partial charge in [0.2, 0.25) is 11.7 Å². The van der Waals surface area contributed by atoms with Gasteiger partial charge in [-0.1, -0.05) is 41.9 Å². The molecule has 1 heterocycles. The first kappa shape index (κ1) is 17.6. The summed E-state index contributed by atoms with van der Waals surface area (Å²) in [4.78, 5) is 13.3. The van der Waals surface area contributed by atoms with Gasteiger partial charge in [-0.05, 0) is 43.0 Å². The van der Waals surface area contributed by atoms with E-state index < -0.39 is 0 Å². The fourth-order valence-corrected chi connectivity index (χ4v) is 2.63. The lowest BCUT2D eigenvalue weighted by molar-refractivity contribution is -0.122. The topological polar surface area (TPSA) is 72.7 Å². The standard InChI is InChI=1S/C16H22BrN5O/c1-11(2)8-9-12(3)18-15(23)10-22-20-16(19-21-22)13-6-4-5-7-14(13)17/h4-7,11-12H,8-10H2,1-3H3,(H,18,23)/t12-/m0/s1. The van der Waals surface area contributed by atoms with Crippen molar-refractivity contribution < 1.29 is 4.79 Å².